The van der Waals surface area contributed by atoms with Gasteiger partial charge in [0.05, 0.1) is 9.85 Å². The first-order valence-electron chi connectivity index (χ1n) is 7.86. The molecule has 0 aliphatic heterocycles. The summed E-state index contributed by atoms with van der Waals surface area (Å²) in [5.74, 6) is -0.786. The predicted octanol–water partition coefficient (Wildman–Crippen LogP) is 2.09. The molecular formula is C15H12N8O6. The molecule has 0 radical (unpaired) electrons. The van der Waals surface area contributed by atoms with Gasteiger partial charge in [0.1, 0.15) is 17.7 Å². The Morgan fingerprint density at radius 3 is 2.48 bits per heavy atom. The SMILES string of the molecule is Cc1cc(Nc2ncnc(NNC(=O)c3ccccc3[N+](=O)[O-])c2[N+](=O)[O-])no1. The summed E-state index contributed by atoms with van der Waals surface area (Å²) in [6.45, 7) is 1.64. The normalized spacial score (nSPS) is 10.2. The summed E-state index contributed by atoms with van der Waals surface area (Å²) in [4.78, 5) is 40.9. The maximum atomic E-state index is 12.3. The molecule has 0 fully saturated rings. The number of para-hydroxylation sites is 1. The Hall–Kier alpha value is -4.62. The molecule has 0 saturated carbocycles. The number of rotatable bonds is 7. The summed E-state index contributed by atoms with van der Waals surface area (Å²) in [6.07, 6.45) is 1.02. The van der Waals surface area contributed by atoms with Crippen LogP contribution in [0.3, 0.4) is 0 Å². The summed E-state index contributed by atoms with van der Waals surface area (Å²) >= 11 is 0. The molecule has 0 spiro atoms. The van der Waals surface area contributed by atoms with Crippen LogP contribution < -0.4 is 16.2 Å². The van der Waals surface area contributed by atoms with Crippen molar-refractivity contribution < 1.29 is 19.2 Å². The number of hydrogen-bond donors (Lipinski definition) is 3. The third kappa shape index (κ3) is 4.21. The lowest BCUT2D eigenvalue weighted by molar-refractivity contribution is -0.385. The number of benzene rings is 1. The number of nitrogens with zero attached hydrogens (tertiary/aromatic N) is 5. The van der Waals surface area contributed by atoms with Crippen LogP contribution in [-0.4, -0.2) is 30.9 Å². The first-order valence-corrected chi connectivity index (χ1v) is 7.86. The molecule has 0 aliphatic rings. The van der Waals surface area contributed by atoms with Gasteiger partial charge in [0.15, 0.2) is 5.82 Å². The quantitative estimate of drug-likeness (QED) is 0.388. The second kappa shape index (κ2) is 7.95. The van der Waals surface area contributed by atoms with Gasteiger partial charge in [-0.05, 0) is 13.0 Å². The van der Waals surface area contributed by atoms with E-state index in [9.17, 15) is 25.0 Å². The summed E-state index contributed by atoms with van der Waals surface area (Å²) in [6, 6.07) is 6.74. The summed E-state index contributed by atoms with van der Waals surface area (Å²) in [5, 5.41) is 28.8. The van der Waals surface area contributed by atoms with Gasteiger partial charge >= 0.3 is 5.69 Å². The van der Waals surface area contributed by atoms with Gasteiger partial charge in [-0.15, -0.1) is 0 Å². The number of aromatic nitrogens is 3. The second-order valence-corrected chi connectivity index (χ2v) is 5.48. The smallest absolute Gasteiger partial charge is 0.355 e. The molecule has 0 saturated heterocycles. The van der Waals surface area contributed by atoms with E-state index in [1.165, 1.54) is 24.3 Å². The van der Waals surface area contributed by atoms with Gasteiger partial charge in [0.25, 0.3) is 11.6 Å². The van der Waals surface area contributed by atoms with Gasteiger partial charge in [-0.3, -0.25) is 35.9 Å². The van der Waals surface area contributed by atoms with E-state index in [0.717, 1.165) is 12.4 Å². The number of hydrazine groups is 1. The lowest BCUT2D eigenvalue weighted by atomic mass is 10.2. The maximum Gasteiger partial charge on any atom is 0.355 e. The lowest BCUT2D eigenvalue weighted by Gasteiger charge is -2.10. The molecule has 1 aromatic carbocycles. The number of aryl methyl sites for hydroxylation is 1. The number of nitro groups is 2. The minimum Gasteiger partial charge on any atom is -0.360 e. The first-order chi connectivity index (χ1) is 13.9. The highest BCUT2D eigenvalue weighted by Gasteiger charge is 2.25. The van der Waals surface area contributed by atoms with Crippen LogP contribution in [0.1, 0.15) is 16.1 Å². The van der Waals surface area contributed by atoms with Crippen LogP contribution in [0.5, 0.6) is 0 Å². The highest BCUT2D eigenvalue weighted by Crippen LogP contribution is 2.30. The van der Waals surface area contributed by atoms with Crippen LogP contribution in [0.4, 0.5) is 28.8 Å². The van der Waals surface area contributed by atoms with Crippen molar-refractivity contribution in [1.29, 1.82) is 0 Å². The molecule has 14 heteroatoms. The van der Waals surface area contributed by atoms with Gasteiger partial charge in [0.2, 0.25) is 11.6 Å². The average Bonchev–Trinajstić information content (AvgIpc) is 3.10. The van der Waals surface area contributed by atoms with E-state index >= 15 is 0 Å². The number of amides is 1. The fraction of sp³-hybridized carbons (Fsp3) is 0.0667. The molecule has 3 rings (SSSR count). The lowest BCUT2D eigenvalue weighted by Crippen LogP contribution is -2.30. The molecule has 0 bridgehead atoms. The molecule has 1 amide bonds. The van der Waals surface area contributed by atoms with Crippen LogP contribution in [0.25, 0.3) is 0 Å². The van der Waals surface area contributed by atoms with Gasteiger partial charge in [0, 0.05) is 12.1 Å². The number of carbonyl (C=O) groups is 1. The standard InChI is InChI=1S/C15H12N8O6/c1-8-6-11(21-29-8)18-13-12(23(27)28)14(17-7-16-13)19-20-15(24)9-4-2-3-5-10(9)22(25)26/h2-7H,1H3,(H,20,24)(H2,16,17,18,19,21). The Morgan fingerprint density at radius 1 is 1.10 bits per heavy atom. The maximum absolute atomic E-state index is 12.3. The number of nitro benzene ring substituents is 1. The number of hydrogen-bond acceptors (Lipinski definition) is 11. The Kier molecular flexibility index (Phi) is 5.25. The zero-order valence-electron chi connectivity index (χ0n) is 14.6. The molecule has 2 heterocycles. The van der Waals surface area contributed by atoms with Gasteiger partial charge < -0.3 is 9.84 Å². The molecule has 3 aromatic rings. The molecule has 0 atom stereocenters. The summed E-state index contributed by atoms with van der Waals surface area (Å²) in [5.41, 5.74) is 3.19. The highest BCUT2D eigenvalue weighted by molar-refractivity contribution is 5.98. The minimum atomic E-state index is -0.883. The van der Waals surface area contributed by atoms with E-state index in [-0.39, 0.29) is 23.0 Å². The van der Waals surface area contributed by atoms with E-state index in [4.69, 9.17) is 4.52 Å². The molecule has 0 unspecified atom stereocenters. The van der Waals surface area contributed by atoms with Crippen molar-refractivity contribution in [2.75, 3.05) is 10.7 Å². The third-order valence-electron chi connectivity index (χ3n) is 3.52. The topological polar surface area (TPSA) is 191 Å². The Labute approximate surface area is 161 Å². The highest BCUT2D eigenvalue weighted by atomic mass is 16.6. The van der Waals surface area contributed by atoms with E-state index in [0.29, 0.717) is 5.76 Å². The fourth-order valence-electron chi connectivity index (χ4n) is 2.29. The van der Waals surface area contributed by atoms with Gasteiger partial charge in [-0.25, -0.2) is 9.97 Å². The number of nitrogens with one attached hydrogen (secondary N) is 3. The van der Waals surface area contributed by atoms with E-state index < -0.39 is 27.1 Å². The minimum absolute atomic E-state index is 0.180. The zero-order valence-corrected chi connectivity index (χ0v) is 14.6. The molecular weight excluding hydrogens is 388 g/mol. The van der Waals surface area contributed by atoms with Crippen LogP contribution in [-0.2, 0) is 0 Å². The Bertz CT molecular complexity index is 1100. The van der Waals surface area contributed by atoms with Crippen molar-refractivity contribution in [3.63, 3.8) is 0 Å². The Balaban J connectivity index is 1.84. The fourth-order valence-corrected chi connectivity index (χ4v) is 2.29. The zero-order chi connectivity index (χ0) is 21.0. The Morgan fingerprint density at radius 2 is 1.83 bits per heavy atom. The van der Waals surface area contributed by atoms with Crippen molar-refractivity contribution >= 4 is 34.7 Å². The molecule has 29 heavy (non-hydrogen) atoms. The van der Waals surface area contributed by atoms with Gasteiger partial charge in [-0.1, -0.05) is 17.3 Å². The van der Waals surface area contributed by atoms with Crippen LogP contribution in [0.15, 0.2) is 41.2 Å². The van der Waals surface area contributed by atoms with Crippen molar-refractivity contribution in [2.45, 2.75) is 6.92 Å². The van der Waals surface area contributed by atoms with Gasteiger partial charge in [-0.2, -0.15) is 0 Å². The monoisotopic (exact) mass is 400 g/mol. The third-order valence-corrected chi connectivity index (χ3v) is 3.52. The van der Waals surface area contributed by atoms with Crippen molar-refractivity contribution in [1.82, 2.24) is 20.6 Å². The first kappa shape index (κ1) is 19.2. The van der Waals surface area contributed by atoms with E-state index in [2.05, 4.69) is 31.3 Å². The van der Waals surface area contributed by atoms with Crippen LogP contribution in [0.2, 0.25) is 0 Å². The second-order valence-electron chi connectivity index (χ2n) is 5.48. The molecule has 3 N–H and O–H groups in total. The molecule has 148 valence electrons. The van der Waals surface area contributed by atoms with Crippen LogP contribution >= 0.6 is 0 Å². The van der Waals surface area contributed by atoms with Crippen LogP contribution in [0, 0.1) is 27.2 Å². The van der Waals surface area contributed by atoms with E-state index in [1.807, 2.05) is 0 Å². The number of anilines is 3. The molecule has 0 aliphatic carbocycles. The largest absolute Gasteiger partial charge is 0.360 e. The van der Waals surface area contributed by atoms with Crippen molar-refractivity contribution in [3.05, 3.63) is 68.2 Å². The molecule has 2 aromatic heterocycles. The van der Waals surface area contributed by atoms with Crippen molar-refractivity contribution in [2.24, 2.45) is 0 Å². The molecule has 14 nitrogen and oxygen atoms in total. The average molecular weight is 400 g/mol. The summed E-state index contributed by atoms with van der Waals surface area (Å²) < 4.78 is 4.87. The summed E-state index contributed by atoms with van der Waals surface area (Å²) in [7, 11) is 0. The number of carbonyl (C=O) groups excluding carboxylic acids is 1. The predicted molar refractivity (Wildman–Crippen MR) is 97.4 cm³/mol. The van der Waals surface area contributed by atoms with Crippen molar-refractivity contribution in [3.8, 4) is 0 Å². The van der Waals surface area contributed by atoms with E-state index in [1.54, 1.807) is 6.92 Å².